The highest BCUT2D eigenvalue weighted by molar-refractivity contribution is 5.25. The second-order valence-corrected chi connectivity index (χ2v) is 9.88. The number of allylic oxidation sites excluding steroid dienone is 1. The summed E-state index contributed by atoms with van der Waals surface area (Å²) >= 11 is 0. The van der Waals surface area contributed by atoms with E-state index in [1.165, 1.54) is 0 Å². The van der Waals surface area contributed by atoms with Crippen LogP contribution in [-0.4, -0.2) is 21.9 Å². The van der Waals surface area contributed by atoms with E-state index < -0.39 is 11.7 Å². The molecular formula is C20H36O2. The van der Waals surface area contributed by atoms with Gasteiger partial charge in [0.25, 0.3) is 0 Å². The van der Waals surface area contributed by atoms with Gasteiger partial charge in [0.15, 0.2) is 0 Å². The second kappa shape index (κ2) is 5.94. The third-order valence-corrected chi connectivity index (χ3v) is 6.29. The van der Waals surface area contributed by atoms with E-state index in [0.29, 0.717) is 17.3 Å². The van der Waals surface area contributed by atoms with Crippen molar-refractivity contribution in [3.05, 3.63) is 11.6 Å². The predicted octanol–water partition coefficient (Wildman–Crippen LogP) is 4.70. The molecule has 2 rings (SSSR count). The number of hydrogen-bond acceptors (Lipinski definition) is 2. The van der Waals surface area contributed by atoms with E-state index in [4.69, 9.17) is 0 Å². The Kier molecular flexibility index (Phi) is 4.86. The number of hydrogen-bond donors (Lipinski definition) is 2. The van der Waals surface area contributed by atoms with Gasteiger partial charge in [-0.25, -0.2) is 0 Å². The molecule has 0 spiro atoms. The molecule has 2 unspecified atom stereocenters. The quantitative estimate of drug-likeness (QED) is 0.689. The van der Waals surface area contributed by atoms with Gasteiger partial charge in [-0.05, 0) is 66.8 Å². The highest BCUT2D eigenvalue weighted by Crippen LogP contribution is 2.47. The molecule has 1 saturated carbocycles. The van der Waals surface area contributed by atoms with E-state index in [1.807, 2.05) is 0 Å². The zero-order chi connectivity index (χ0) is 16.8. The zero-order valence-corrected chi connectivity index (χ0v) is 15.4. The van der Waals surface area contributed by atoms with E-state index >= 15 is 0 Å². The molecule has 0 aromatic rings. The molecule has 0 aliphatic heterocycles. The first-order valence-corrected chi connectivity index (χ1v) is 9.04. The van der Waals surface area contributed by atoms with Gasteiger partial charge in [-0.3, -0.25) is 0 Å². The highest BCUT2D eigenvalue weighted by Gasteiger charge is 2.43. The Balaban J connectivity index is 2.07. The molecule has 0 aromatic heterocycles. The van der Waals surface area contributed by atoms with Crippen molar-refractivity contribution in [3.8, 4) is 0 Å². The Morgan fingerprint density at radius 1 is 0.955 bits per heavy atom. The fourth-order valence-electron chi connectivity index (χ4n) is 4.36. The molecule has 0 aromatic carbocycles. The minimum Gasteiger partial charge on any atom is -0.389 e. The molecule has 2 aliphatic rings. The Labute approximate surface area is 137 Å². The summed E-state index contributed by atoms with van der Waals surface area (Å²) in [5.41, 5.74) is 0.693. The largest absolute Gasteiger partial charge is 0.389 e. The van der Waals surface area contributed by atoms with Crippen molar-refractivity contribution < 1.29 is 10.2 Å². The monoisotopic (exact) mass is 308 g/mol. The van der Waals surface area contributed by atoms with Gasteiger partial charge in [0.05, 0.1) is 11.7 Å². The van der Waals surface area contributed by atoms with Crippen molar-refractivity contribution in [1.29, 1.82) is 0 Å². The van der Waals surface area contributed by atoms with Crippen LogP contribution in [0, 0.1) is 22.7 Å². The highest BCUT2D eigenvalue weighted by atomic mass is 16.3. The van der Waals surface area contributed by atoms with Gasteiger partial charge in [0, 0.05) is 0 Å². The van der Waals surface area contributed by atoms with Crippen LogP contribution in [0.1, 0.15) is 80.1 Å². The standard InChI is InChI=1S/C20H36O2/c1-18(2,3)14-9-11-20(22,12-10-14)16-8-7-15(13-17(16)21)19(4,5)6/h8,14-15,17,21-22H,7,9-13H2,1-6H3. The molecule has 0 saturated heterocycles. The smallest absolute Gasteiger partial charge is 0.0881 e. The predicted molar refractivity (Wildman–Crippen MR) is 92.6 cm³/mol. The first-order chi connectivity index (χ1) is 9.93. The summed E-state index contributed by atoms with van der Waals surface area (Å²) in [5.74, 6) is 1.18. The molecule has 0 amide bonds. The fourth-order valence-corrected chi connectivity index (χ4v) is 4.36. The van der Waals surface area contributed by atoms with Gasteiger partial charge in [-0.2, -0.15) is 0 Å². The maximum Gasteiger partial charge on any atom is 0.0881 e. The summed E-state index contributed by atoms with van der Waals surface area (Å²) in [6.07, 6.45) is 7.20. The summed E-state index contributed by atoms with van der Waals surface area (Å²) in [7, 11) is 0. The van der Waals surface area contributed by atoms with Crippen molar-refractivity contribution in [2.45, 2.75) is 91.8 Å². The van der Waals surface area contributed by atoms with Gasteiger partial charge < -0.3 is 10.2 Å². The SMILES string of the molecule is CC(C)(C)C1CCC(O)(C2=CCC(C(C)(C)C)CC2O)CC1. The lowest BCUT2D eigenvalue weighted by Gasteiger charge is -2.45. The Morgan fingerprint density at radius 2 is 1.45 bits per heavy atom. The minimum absolute atomic E-state index is 0.218. The van der Waals surface area contributed by atoms with Crippen molar-refractivity contribution in [2.24, 2.45) is 22.7 Å². The molecule has 0 heterocycles. The van der Waals surface area contributed by atoms with E-state index in [0.717, 1.165) is 44.1 Å². The van der Waals surface area contributed by atoms with E-state index in [-0.39, 0.29) is 5.41 Å². The van der Waals surface area contributed by atoms with Crippen LogP contribution in [-0.2, 0) is 0 Å². The third kappa shape index (κ3) is 3.76. The summed E-state index contributed by atoms with van der Waals surface area (Å²) in [6.45, 7) is 13.6. The lowest BCUT2D eigenvalue weighted by Crippen LogP contribution is -2.44. The molecular weight excluding hydrogens is 272 g/mol. The average Bonchev–Trinajstić information content (AvgIpc) is 2.36. The second-order valence-electron chi connectivity index (χ2n) is 9.88. The van der Waals surface area contributed by atoms with Gasteiger partial charge in [0.1, 0.15) is 0 Å². The summed E-state index contributed by atoms with van der Waals surface area (Å²) in [4.78, 5) is 0. The average molecular weight is 309 g/mol. The van der Waals surface area contributed by atoms with E-state index in [2.05, 4.69) is 47.6 Å². The fraction of sp³-hybridized carbons (Fsp3) is 0.900. The topological polar surface area (TPSA) is 40.5 Å². The third-order valence-electron chi connectivity index (χ3n) is 6.29. The van der Waals surface area contributed by atoms with Crippen molar-refractivity contribution in [3.63, 3.8) is 0 Å². The maximum absolute atomic E-state index is 11.1. The first-order valence-electron chi connectivity index (χ1n) is 9.04. The molecule has 2 nitrogen and oxygen atoms in total. The molecule has 1 fully saturated rings. The van der Waals surface area contributed by atoms with E-state index in [1.54, 1.807) is 0 Å². The first kappa shape index (κ1) is 18.0. The van der Waals surface area contributed by atoms with Crippen LogP contribution >= 0.6 is 0 Å². The molecule has 128 valence electrons. The van der Waals surface area contributed by atoms with Gasteiger partial charge in [0.2, 0.25) is 0 Å². The number of aliphatic hydroxyl groups excluding tert-OH is 1. The van der Waals surface area contributed by atoms with E-state index in [9.17, 15) is 10.2 Å². The van der Waals surface area contributed by atoms with Crippen LogP contribution in [0.3, 0.4) is 0 Å². The summed E-state index contributed by atoms with van der Waals surface area (Å²) < 4.78 is 0. The molecule has 2 atom stereocenters. The molecule has 2 heteroatoms. The molecule has 0 bridgehead atoms. The Bertz CT molecular complexity index is 414. The molecule has 22 heavy (non-hydrogen) atoms. The number of rotatable bonds is 1. The van der Waals surface area contributed by atoms with Crippen LogP contribution < -0.4 is 0 Å². The van der Waals surface area contributed by atoms with Crippen LogP contribution in [0.4, 0.5) is 0 Å². The van der Waals surface area contributed by atoms with Crippen LogP contribution in [0.15, 0.2) is 11.6 Å². The van der Waals surface area contributed by atoms with Gasteiger partial charge in [-0.15, -0.1) is 0 Å². The minimum atomic E-state index is -0.760. The van der Waals surface area contributed by atoms with Crippen molar-refractivity contribution in [1.82, 2.24) is 0 Å². The summed E-state index contributed by atoms with van der Waals surface area (Å²) in [6, 6.07) is 0. The Hall–Kier alpha value is -0.340. The van der Waals surface area contributed by atoms with Crippen LogP contribution in [0.2, 0.25) is 0 Å². The van der Waals surface area contributed by atoms with Crippen molar-refractivity contribution >= 4 is 0 Å². The molecule has 2 N–H and O–H groups in total. The summed E-state index contributed by atoms with van der Waals surface area (Å²) in [5, 5.41) is 21.7. The van der Waals surface area contributed by atoms with Gasteiger partial charge >= 0.3 is 0 Å². The lowest BCUT2D eigenvalue weighted by atomic mass is 9.63. The van der Waals surface area contributed by atoms with Crippen molar-refractivity contribution in [2.75, 3.05) is 0 Å². The normalized spacial score (nSPS) is 37.8. The van der Waals surface area contributed by atoms with Gasteiger partial charge in [-0.1, -0.05) is 47.6 Å². The molecule has 0 radical (unpaired) electrons. The number of aliphatic hydroxyl groups is 2. The molecule has 2 aliphatic carbocycles. The lowest BCUT2D eigenvalue weighted by molar-refractivity contribution is -0.0208. The maximum atomic E-state index is 11.1. The van der Waals surface area contributed by atoms with Crippen LogP contribution in [0.5, 0.6) is 0 Å². The zero-order valence-electron chi connectivity index (χ0n) is 15.4. The van der Waals surface area contributed by atoms with Crippen LogP contribution in [0.25, 0.3) is 0 Å². The Morgan fingerprint density at radius 3 is 1.86 bits per heavy atom.